The lowest BCUT2D eigenvalue weighted by atomic mass is 10.0. The van der Waals surface area contributed by atoms with Crippen molar-refractivity contribution in [1.29, 1.82) is 0 Å². The fourth-order valence-electron chi connectivity index (χ4n) is 2.30. The maximum absolute atomic E-state index is 13.6. The Bertz CT molecular complexity index is 580. The Kier molecular flexibility index (Phi) is 3.07. The quantitative estimate of drug-likeness (QED) is 0.885. The smallest absolute Gasteiger partial charge is 0.149 e. The Morgan fingerprint density at radius 1 is 1.00 bits per heavy atom. The molecule has 1 heterocycles. The third kappa shape index (κ3) is 2.26. The molecule has 0 aliphatic carbocycles. The molecule has 1 aliphatic rings. The summed E-state index contributed by atoms with van der Waals surface area (Å²) in [5.41, 5.74) is 0.848. The standard InChI is InChI=1S/C15H13F2NO/c16-11-5-3-6-12(17)15(11)18-13-8-9-19-14-7-2-1-4-10(13)14/h1-7,13,18H,8-9H2. The fraction of sp³-hybridized carbons (Fsp3) is 0.200. The van der Waals surface area contributed by atoms with Crippen molar-refractivity contribution in [2.45, 2.75) is 12.5 Å². The predicted octanol–water partition coefficient (Wildman–Crippen LogP) is 3.90. The number of fused-ring (bicyclic) bond motifs is 1. The predicted molar refractivity (Wildman–Crippen MR) is 69.3 cm³/mol. The van der Waals surface area contributed by atoms with Gasteiger partial charge in [-0.15, -0.1) is 0 Å². The Morgan fingerprint density at radius 3 is 2.53 bits per heavy atom. The van der Waals surface area contributed by atoms with Gasteiger partial charge in [-0.2, -0.15) is 0 Å². The number of ether oxygens (including phenoxy) is 1. The van der Waals surface area contributed by atoms with E-state index in [2.05, 4.69) is 5.32 Å². The van der Waals surface area contributed by atoms with E-state index in [9.17, 15) is 8.78 Å². The van der Waals surface area contributed by atoms with Gasteiger partial charge in [-0.05, 0) is 18.2 Å². The molecule has 98 valence electrons. The van der Waals surface area contributed by atoms with Crippen LogP contribution < -0.4 is 10.1 Å². The number of hydrogen-bond donors (Lipinski definition) is 1. The number of nitrogens with one attached hydrogen (secondary N) is 1. The zero-order chi connectivity index (χ0) is 13.2. The number of benzene rings is 2. The molecule has 1 atom stereocenters. The summed E-state index contributed by atoms with van der Waals surface area (Å²) in [5.74, 6) is -0.393. The molecule has 0 radical (unpaired) electrons. The second-order valence-corrected chi connectivity index (χ2v) is 4.47. The lowest BCUT2D eigenvalue weighted by Gasteiger charge is -2.27. The van der Waals surface area contributed by atoms with E-state index in [0.29, 0.717) is 13.0 Å². The molecule has 1 aliphatic heterocycles. The molecule has 0 amide bonds. The van der Waals surface area contributed by atoms with Crippen molar-refractivity contribution >= 4 is 5.69 Å². The van der Waals surface area contributed by atoms with Crippen LogP contribution in [-0.2, 0) is 0 Å². The third-order valence-corrected chi connectivity index (χ3v) is 3.24. The van der Waals surface area contributed by atoms with Crippen LogP contribution in [-0.4, -0.2) is 6.61 Å². The maximum Gasteiger partial charge on any atom is 0.149 e. The molecular formula is C15H13F2NO. The summed E-state index contributed by atoms with van der Waals surface area (Å²) in [5, 5.41) is 2.94. The molecule has 1 N–H and O–H groups in total. The summed E-state index contributed by atoms with van der Waals surface area (Å²) in [4.78, 5) is 0. The molecule has 0 fully saturated rings. The zero-order valence-electron chi connectivity index (χ0n) is 10.2. The van der Waals surface area contributed by atoms with Gasteiger partial charge in [0.2, 0.25) is 0 Å². The first kappa shape index (κ1) is 12.0. The van der Waals surface area contributed by atoms with Crippen molar-refractivity contribution in [1.82, 2.24) is 0 Å². The van der Waals surface area contributed by atoms with Gasteiger partial charge in [-0.1, -0.05) is 24.3 Å². The van der Waals surface area contributed by atoms with Crippen LogP contribution in [0.1, 0.15) is 18.0 Å². The van der Waals surface area contributed by atoms with Crippen LogP contribution >= 0.6 is 0 Å². The number of para-hydroxylation sites is 2. The first-order valence-corrected chi connectivity index (χ1v) is 6.18. The molecule has 2 aromatic rings. The van der Waals surface area contributed by atoms with E-state index >= 15 is 0 Å². The number of anilines is 1. The van der Waals surface area contributed by atoms with E-state index in [1.165, 1.54) is 18.2 Å². The Balaban J connectivity index is 1.93. The van der Waals surface area contributed by atoms with Crippen molar-refractivity contribution in [2.75, 3.05) is 11.9 Å². The molecule has 0 saturated heterocycles. The van der Waals surface area contributed by atoms with E-state index in [-0.39, 0.29) is 11.7 Å². The topological polar surface area (TPSA) is 21.3 Å². The van der Waals surface area contributed by atoms with E-state index in [0.717, 1.165) is 11.3 Å². The first-order chi connectivity index (χ1) is 9.25. The van der Waals surface area contributed by atoms with Gasteiger partial charge in [0.1, 0.15) is 23.1 Å². The minimum absolute atomic E-state index is 0.0794. The van der Waals surface area contributed by atoms with Gasteiger partial charge in [-0.25, -0.2) is 8.78 Å². The van der Waals surface area contributed by atoms with Crippen LogP contribution in [0.3, 0.4) is 0 Å². The molecule has 0 bridgehead atoms. The van der Waals surface area contributed by atoms with Crippen molar-refractivity contribution < 1.29 is 13.5 Å². The Morgan fingerprint density at radius 2 is 1.74 bits per heavy atom. The molecule has 2 nitrogen and oxygen atoms in total. The van der Waals surface area contributed by atoms with Crippen LogP contribution in [0.2, 0.25) is 0 Å². The van der Waals surface area contributed by atoms with Gasteiger partial charge in [0.15, 0.2) is 0 Å². The summed E-state index contributed by atoms with van der Waals surface area (Å²) in [6.45, 7) is 0.532. The lowest BCUT2D eigenvalue weighted by Crippen LogP contribution is -2.21. The molecule has 0 aromatic heterocycles. The summed E-state index contributed by atoms with van der Waals surface area (Å²) in [6.07, 6.45) is 0.671. The average molecular weight is 261 g/mol. The van der Waals surface area contributed by atoms with Gasteiger partial charge < -0.3 is 10.1 Å². The van der Waals surface area contributed by atoms with Gasteiger partial charge in [0.25, 0.3) is 0 Å². The second kappa shape index (κ2) is 4.88. The highest BCUT2D eigenvalue weighted by Gasteiger charge is 2.22. The lowest BCUT2D eigenvalue weighted by molar-refractivity contribution is 0.274. The minimum Gasteiger partial charge on any atom is -0.493 e. The first-order valence-electron chi connectivity index (χ1n) is 6.18. The fourth-order valence-corrected chi connectivity index (χ4v) is 2.30. The molecule has 0 saturated carbocycles. The second-order valence-electron chi connectivity index (χ2n) is 4.47. The van der Waals surface area contributed by atoms with Crippen molar-refractivity contribution in [2.24, 2.45) is 0 Å². The van der Waals surface area contributed by atoms with Crippen molar-refractivity contribution in [3.05, 3.63) is 59.7 Å². The van der Waals surface area contributed by atoms with Crippen molar-refractivity contribution in [3.63, 3.8) is 0 Å². The van der Waals surface area contributed by atoms with Crippen LogP contribution in [0.4, 0.5) is 14.5 Å². The molecule has 3 rings (SSSR count). The molecule has 1 unspecified atom stereocenters. The third-order valence-electron chi connectivity index (χ3n) is 3.24. The minimum atomic E-state index is -0.580. The van der Waals surface area contributed by atoms with E-state index < -0.39 is 11.6 Å². The maximum atomic E-state index is 13.6. The van der Waals surface area contributed by atoms with Crippen molar-refractivity contribution in [3.8, 4) is 5.75 Å². The zero-order valence-corrected chi connectivity index (χ0v) is 10.2. The van der Waals surface area contributed by atoms with Crippen LogP contribution in [0.15, 0.2) is 42.5 Å². The Hall–Kier alpha value is -2.10. The molecule has 19 heavy (non-hydrogen) atoms. The molecular weight excluding hydrogens is 248 g/mol. The van der Waals surface area contributed by atoms with E-state index in [1.807, 2.05) is 24.3 Å². The van der Waals surface area contributed by atoms with E-state index in [1.54, 1.807) is 0 Å². The van der Waals surface area contributed by atoms with E-state index in [4.69, 9.17) is 4.74 Å². The molecule has 4 heteroatoms. The van der Waals surface area contributed by atoms with Gasteiger partial charge >= 0.3 is 0 Å². The number of hydrogen-bond acceptors (Lipinski definition) is 2. The summed E-state index contributed by atoms with van der Waals surface area (Å²) < 4.78 is 32.8. The van der Waals surface area contributed by atoms with Crippen LogP contribution in [0.25, 0.3) is 0 Å². The summed E-state index contributed by atoms with van der Waals surface area (Å²) in [7, 11) is 0. The number of halogens is 2. The highest BCUT2D eigenvalue weighted by Crippen LogP contribution is 2.35. The summed E-state index contributed by atoms with van der Waals surface area (Å²) >= 11 is 0. The SMILES string of the molecule is Fc1cccc(F)c1NC1CCOc2ccccc21. The van der Waals surface area contributed by atoms with Gasteiger partial charge in [0.05, 0.1) is 12.6 Å². The highest BCUT2D eigenvalue weighted by molar-refractivity contribution is 5.50. The summed E-state index contributed by atoms with van der Waals surface area (Å²) in [6, 6.07) is 11.2. The molecule has 0 spiro atoms. The Labute approximate surface area is 110 Å². The van der Waals surface area contributed by atoms with Crippen LogP contribution in [0, 0.1) is 11.6 Å². The highest BCUT2D eigenvalue weighted by atomic mass is 19.1. The number of rotatable bonds is 2. The average Bonchev–Trinajstić information content (AvgIpc) is 2.43. The normalized spacial score (nSPS) is 17.5. The van der Waals surface area contributed by atoms with Gasteiger partial charge in [-0.3, -0.25) is 0 Å². The largest absolute Gasteiger partial charge is 0.493 e. The molecule has 2 aromatic carbocycles. The monoisotopic (exact) mass is 261 g/mol. The van der Waals surface area contributed by atoms with Gasteiger partial charge in [0, 0.05) is 12.0 Å². The van der Waals surface area contributed by atoms with Crippen LogP contribution in [0.5, 0.6) is 5.75 Å².